The molecule has 0 spiro atoms. The molecule has 1 aromatic rings. The van der Waals surface area contributed by atoms with E-state index in [4.69, 9.17) is 15.1 Å². The van der Waals surface area contributed by atoms with Crippen molar-refractivity contribution in [2.24, 2.45) is 5.92 Å². The van der Waals surface area contributed by atoms with E-state index in [-0.39, 0.29) is 23.7 Å². The predicted octanol–water partition coefficient (Wildman–Crippen LogP) is -0.0638. The first-order chi connectivity index (χ1) is 9.45. The molecule has 2 atom stereocenters. The van der Waals surface area contributed by atoms with Gasteiger partial charge in [-0.2, -0.15) is 5.26 Å². The van der Waals surface area contributed by atoms with E-state index in [2.05, 4.69) is 4.72 Å². The lowest BCUT2D eigenvalue weighted by atomic mass is 10.1. The summed E-state index contributed by atoms with van der Waals surface area (Å²) in [5, 5.41) is 17.9. The van der Waals surface area contributed by atoms with Crippen LogP contribution in [0.1, 0.15) is 5.56 Å². The molecule has 0 amide bonds. The SMILES string of the molecule is N#Cc1ccccc1S(=O)(=O)NC1COCC1C(=O)O. The number of benzene rings is 1. The Labute approximate surface area is 115 Å². The minimum absolute atomic E-state index is 0.00536. The maximum atomic E-state index is 12.2. The average Bonchev–Trinajstić information content (AvgIpc) is 2.86. The quantitative estimate of drug-likeness (QED) is 0.803. The molecule has 2 unspecified atom stereocenters. The molecule has 1 aromatic carbocycles. The van der Waals surface area contributed by atoms with Gasteiger partial charge in [0.25, 0.3) is 0 Å². The summed E-state index contributed by atoms with van der Waals surface area (Å²) in [5.74, 6) is -2.05. The fourth-order valence-corrected chi connectivity index (χ4v) is 3.39. The fraction of sp³-hybridized carbons (Fsp3) is 0.333. The molecule has 0 saturated carbocycles. The summed E-state index contributed by atoms with van der Waals surface area (Å²) in [5.41, 5.74) is 0.00536. The first kappa shape index (κ1) is 14.5. The summed E-state index contributed by atoms with van der Waals surface area (Å²) >= 11 is 0. The van der Waals surface area contributed by atoms with E-state index < -0.39 is 28.0 Å². The highest BCUT2D eigenvalue weighted by molar-refractivity contribution is 7.89. The zero-order valence-corrected chi connectivity index (χ0v) is 11.1. The van der Waals surface area contributed by atoms with Crippen LogP contribution in [0.5, 0.6) is 0 Å². The standard InChI is InChI=1S/C12H12N2O5S/c13-5-8-3-1-2-4-11(8)20(17,18)14-10-7-19-6-9(10)12(15)16/h1-4,9-10,14H,6-7H2,(H,15,16). The monoisotopic (exact) mass is 296 g/mol. The summed E-state index contributed by atoms with van der Waals surface area (Å²) in [4.78, 5) is 10.8. The number of nitrogens with one attached hydrogen (secondary N) is 1. The highest BCUT2D eigenvalue weighted by Crippen LogP contribution is 2.19. The number of hydrogen-bond acceptors (Lipinski definition) is 5. The van der Waals surface area contributed by atoms with Gasteiger partial charge in [0.15, 0.2) is 0 Å². The van der Waals surface area contributed by atoms with Gasteiger partial charge in [-0.3, -0.25) is 4.79 Å². The van der Waals surface area contributed by atoms with Crippen molar-refractivity contribution in [2.75, 3.05) is 13.2 Å². The minimum Gasteiger partial charge on any atom is -0.481 e. The van der Waals surface area contributed by atoms with Crippen molar-refractivity contribution < 1.29 is 23.1 Å². The van der Waals surface area contributed by atoms with Gasteiger partial charge in [-0.1, -0.05) is 12.1 Å². The minimum atomic E-state index is -3.97. The molecule has 106 valence electrons. The number of ether oxygens (including phenoxy) is 1. The van der Waals surface area contributed by atoms with E-state index in [1.807, 2.05) is 0 Å². The van der Waals surface area contributed by atoms with E-state index >= 15 is 0 Å². The van der Waals surface area contributed by atoms with Crippen molar-refractivity contribution in [2.45, 2.75) is 10.9 Å². The maximum Gasteiger partial charge on any atom is 0.310 e. The molecular formula is C12H12N2O5S. The van der Waals surface area contributed by atoms with Crippen LogP contribution in [0.4, 0.5) is 0 Å². The second-order valence-electron chi connectivity index (χ2n) is 4.32. The molecule has 1 saturated heterocycles. The molecule has 0 radical (unpaired) electrons. The number of rotatable bonds is 4. The Balaban J connectivity index is 2.28. The van der Waals surface area contributed by atoms with Gasteiger partial charge < -0.3 is 9.84 Å². The summed E-state index contributed by atoms with van der Waals surface area (Å²) in [7, 11) is -3.97. The number of sulfonamides is 1. The van der Waals surface area contributed by atoms with Crippen LogP contribution in [0, 0.1) is 17.2 Å². The lowest BCUT2D eigenvalue weighted by Gasteiger charge is -2.16. The van der Waals surface area contributed by atoms with Crippen LogP contribution in [-0.4, -0.2) is 38.7 Å². The van der Waals surface area contributed by atoms with Crippen LogP contribution >= 0.6 is 0 Å². The third kappa shape index (κ3) is 2.80. The lowest BCUT2D eigenvalue weighted by Crippen LogP contribution is -2.42. The fourth-order valence-electron chi connectivity index (χ4n) is 1.97. The molecule has 1 aliphatic heterocycles. The number of nitrogens with zero attached hydrogens (tertiary/aromatic N) is 1. The normalized spacial score (nSPS) is 22.4. The summed E-state index contributed by atoms with van der Waals surface area (Å²) in [6.07, 6.45) is 0. The van der Waals surface area contributed by atoms with Crippen molar-refractivity contribution in [3.8, 4) is 6.07 Å². The van der Waals surface area contributed by atoms with Crippen LogP contribution in [0.15, 0.2) is 29.2 Å². The van der Waals surface area contributed by atoms with E-state index in [9.17, 15) is 13.2 Å². The van der Waals surface area contributed by atoms with E-state index in [1.165, 1.54) is 18.2 Å². The Bertz CT molecular complexity index is 665. The Morgan fingerprint density at radius 3 is 2.75 bits per heavy atom. The molecular weight excluding hydrogens is 284 g/mol. The summed E-state index contributed by atoms with van der Waals surface area (Å²) in [6, 6.07) is 6.68. The van der Waals surface area contributed by atoms with Crippen molar-refractivity contribution >= 4 is 16.0 Å². The van der Waals surface area contributed by atoms with E-state index in [0.717, 1.165) is 0 Å². The zero-order valence-electron chi connectivity index (χ0n) is 10.3. The zero-order chi connectivity index (χ0) is 14.8. The van der Waals surface area contributed by atoms with E-state index in [0.29, 0.717) is 0 Å². The van der Waals surface area contributed by atoms with Gasteiger partial charge in [-0.15, -0.1) is 0 Å². The highest BCUT2D eigenvalue weighted by Gasteiger charge is 2.37. The molecule has 0 aliphatic carbocycles. The van der Waals surface area contributed by atoms with Gasteiger partial charge in [0, 0.05) is 0 Å². The van der Waals surface area contributed by atoms with E-state index in [1.54, 1.807) is 12.1 Å². The molecule has 1 aliphatic rings. The molecule has 1 fully saturated rings. The Morgan fingerprint density at radius 2 is 2.10 bits per heavy atom. The average molecular weight is 296 g/mol. The number of nitriles is 1. The Morgan fingerprint density at radius 1 is 1.40 bits per heavy atom. The second kappa shape index (κ2) is 5.58. The number of hydrogen-bond donors (Lipinski definition) is 2. The molecule has 2 rings (SSSR count). The number of carboxylic acid groups (broad SMARTS) is 1. The number of aliphatic carboxylic acids is 1. The van der Waals surface area contributed by atoms with Gasteiger partial charge in [-0.25, -0.2) is 13.1 Å². The Kier molecular flexibility index (Phi) is 4.04. The molecule has 2 N–H and O–H groups in total. The van der Waals surface area contributed by atoms with Gasteiger partial charge >= 0.3 is 5.97 Å². The van der Waals surface area contributed by atoms with Gasteiger partial charge in [0.1, 0.15) is 6.07 Å². The van der Waals surface area contributed by atoms with Crippen LogP contribution < -0.4 is 4.72 Å². The third-order valence-electron chi connectivity index (χ3n) is 3.00. The van der Waals surface area contributed by atoms with Gasteiger partial charge in [-0.05, 0) is 12.1 Å². The summed E-state index contributed by atoms with van der Waals surface area (Å²) in [6.45, 7) is -0.0483. The molecule has 0 bridgehead atoms. The third-order valence-corrected chi connectivity index (χ3v) is 4.55. The molecule has 1 heterocycles. The lowest BCUT2D eigenvalue weighted by molar-refractivity contribution is -0.142. The molecule has 8 heteroatoms. The molecule has 7 nitrogen and oxygen atoms in total. The van der Waals surface area contributed by atoms with Crippen molar-refractivity contribution in [3.05, 3.63) is 29.8 Å². The predicted molar refractivity (Wildman–Crippen MR) is 67.2 cm³/mol. The first-order valence-electron chi connectivity index (χ1n) is 5.77. The van der Waals surface area contributed by atoms with Gasteiger partial charge in [0.2, 0.25) is 10.0 Å². The number of carbonyl (C=O) groups is 1. The van der Waals surface area contributed by atoms with Crippen LogP contribution in [0.25, 0.3) is 0 Å². The van der Waals surface area contributed by atoms with Gasteiger partial charge in [0.05, 0.1) is 35.6 Å². The van der Waals surface area contributed by atoms with Crippen molar-refractivity contribution in [1.29, 1.82) is 5.26 Å². The Hall–Kier alpha value is -1.95. The number of carboxylic acids is 1. The van der Waals surface area contributed by atoms with Crippen LogP contribution in [0.2, 0.25) is 0 Å². The topological polar surface area (TPSA) is 116 Å². The molecule has 20 heavy (non-hydrogen) atoms. The maximum absolute atomic E-state index is 12.2. The van der Waals surface area contributed by atoms with Crippen molar-refractivity contribution in [3.63, 3.8) is 0 Å². The smallest absolute Gasteiger partial charge is 0.310 e. The summed E-state index contributed by atoms with van der Waals surface area (Å²) < 4.78 is 31.7. The largest absolute Gasteiger partial charge is 0.481 e. The van der Waals surface area contributed by atoms with Crippen molar-refractivity contribution in [1.82, 2.24) is 4.72 Å². The van der Waals surface area contributed by atoms with Crippen LogP contribution in [-0.2, 0) is 19.6 Å². The second-order valence-corrected chi connectivity index (χ2v) is 6.00. The highest BCUT2D eigenvalue weighted by atomic mass is 32.2. The molecule has 0 aromatic heterocycles. The van der Waals surface area contributed by atoms with Crippen LogP contribution in [0.3, 0.4) is 0 Å². The first-order valence-corrected chi connectivity index (χ1v) is 7.26.